The SMILES string of the molecule is CC(C)CNCC(O)CS(=O)c1ccccc1F. The van der Waals surface area contributed by atoms with E-state index >= 15 is 0 Å². The highest BCUT2D eigenvalue weighted by Crippen LogP contribution is 2.12. The minimum Gasteiger partial charge on any atom is -0.391 e. The number of halogens is 1. The number of aliphatic hydroxyl groups is 1. The molecule has 0 fully saturated rings. The Bertz CT molecular complexity index is 398. The molecule has 2 N–H and O–H groups in total. The molecule has 5 heteroatoms. The van der Waals surface area contributed by atoms with Gasteiger partial charge < -0.3 is 10.4 Å². The van der Waals surface area contributed by atoms with Gasteiger partial charge in [-0.2, -0.15) is 0 Å². The molecule has 0 bridgehead atoms. The number of hydrogen-bond acceptors (Lipinski definition) is 3. The molecule has 0 aromatic heterocycles. The zero-order chi connectivity index (χ0) is 13.5. The fourth-order valence-corrected chi connectivity index (χ4v) is 2.65. The van der Waals surface area contributed by atoms with E-state index in [-0.39, 0.29) is 10.6 Å². The van der Waals surface area contributed by atoms with E-state index in [9.17, 15) is 13.7 Å². The van der Waals surface area contributed by atoms with Crippen LogP contribution in [-0.4, -0.2) is 34.3 Å². The Morgan fingerprint density at radius 2 is 2.00 bits per heavy atom. The Morgan fingerprint density at radius 3 is 2.61 bits per heavy atom. The predicted octanol–water partition coefficient (Wildman–Crippen LogP) is 1.54. The van der Waals surface area contributed by atoms with Gasteiger partial charge in [-0.05, 0) is 24.6 Å². The van der Waals surface area contributed by atoms with E-state index in [0.717, 1.165) is 6.54 Å². The maximum atomic E-state index is 13.4. The van der Waals surface area contributed by atoms with Crippen molar-refractivity contribution in [1.82, 2.24) is 5.32 Å². The second-order valence-corrected chi connectivity index (χ2v) is 6.11. The fourth-order valence-electron chi connectivity index (χ4n) is 1.49. The van der Waals surface area contributed by atoms with Gasteiger partial charge in [-0.15, -0.1) is 0 Å². The molecule has 18 heavy (non-hydrogen) atoms. The molecule has 3 nitrogen and oxygen atoms in total. The van der Waals surface area contributed by atoms with E-state index in [1.165, 1.54) is 12.1 Å². The molecule has 0 radical (unpaired) electrons. The van der Waals surface area contributed by atoms with Crippen molar-refractivity contribution in [1.29, 1.82) is 0 Å². The van der Waals surface area contributed by atoms with Gasteiger partial charge in [0.25, 0.3) is 0 Å². The normalized spacial score (nSPS) is 14.7. The second kappa shape index (κ2) is 7.61. The summed E-state index contributed by atoms with van der Waals surface area (Å²) in [6, 6.07) is 5.95. The molecule has 0 aliphatic rings. The van der Waals surface area contributed by atoms with Crippen molar-refractivity contribution in [3.8, 4) is 0 Å². The summed E-state index contributed by atoms with van der Waals surface area (Å²) in [6.07, 6.45) is -0.732. The summed E-state index contributed by atoms with van der Waals surface area (Å²) in [4.78, 5) is 0.153. The van der Waals surface area contributed by atoms with E-state index in [0.29, 0.717) is 12.5 Å². The minimum atomic E-state index is -1.50. The lowest BCUT2D eigenvalue weighted by Gasteiger charge is -2.13. The van der Waals surface area contributed by atoms with Crippen molar-refractivity contribution in [2.75, 3.05) is 18.8 Å². The first-order chi connectivity index (χ1) is 8.50. The molecule has 0 aliphatic heterocycles. The van der Waals surface area contributed by atoms with Crippen LogP contribution in [0.5, 0.6) is 0 Å². The lowest BCUT2D eigenvalue weighted by molar-refractivity contribution is 0.193. The van der Waals surface area contributed by atoms with Gasteiger partial charge in [-0.1, -0.05) is 26.0 Å². The maximum Gasteiger partial charge on any atom is 0.139 e. The van der Waals surface area contributed by atoms with Gasteiger partial charge in [-0.25, -0.2) is 4.39 Å². The van der Waals surface area contributed by atoms with Crippen LogP contribution < -0.4 is 5.32 Å². The quantitative estimate of drug-likeness (QED) is 0.792. The van der Waals surface area contributed by atoms with Crippen LogP contribution in [0.3, 0.4) is 0 Å². The molecule has 0 saturated heterocycles. The first-order valence-corrected chi connectivity index (χ1v) is 7.34. The fraction of sp³-hybridized carbons (Fsp3) is 0.538. The van der Waals surface area contributed by atoms with Crippen LogP contribution in [0.2, 0.25) is 0 Å². The van der Waals surface area contributed by atoms with Crippen LogP contribution in [0.4, 0.5) is 4.39 Å². The van der Waals surface area contributed by atoms with Crippen molar-refractivity contribution < 1.29 is 13.7 Å². The summed E-state index contributed by atoms with van der Waals surface area (Å²) in [5.41, 5.74) is 0. The molecule has 0 spiro atoms. The molecule has 2 unspecified atom stereocenters. The van der Waals surface area contributed by atoms with Crippen LogP contribution in [-0.2, 0) is 10.8 Å². The summed E-state index contributed by atoms with van der Waals surface area (Å²) in [7, 11) is -1.50. The Morgan fingerprint density at radius 1 is 1.33 bits per heavy atom. The standard InChI is InChI=1S/C13H20FNO2S/c1-10(2)7-15-8-11(16)9-18(17)13-6-4-3-5-12(13)14/h3-6,10-11,15-16H,7-9H2,1-2H3. The smallest absolute Gasteiger partial charge is 0.139 e. The Labute approximate surface area is 110 Å². The number of rotatable bonds is 7. The average Bonchev–Trinajstić information content (AvgIpc) is 2.28. The highest BCUT2D eigenvalue weighted by Gasteiger charge is 2.14. The topological polar surface area (TPSA) is 49.3 Å². The van der Waals surface area contributed by atoms with Crippen molar-refractivity contribution in [2.45, 2.75) is 24.8 Å². The van der Waals surface area contributed by atoms with Crippen LogP contribution in [0.25, 0.3) is 0 Å². The lowest BCUT2D eigenvalue weighted by atomic mass is 10.2. The molecule has 2 atom stereocenters. The Balaban J connectivity index is 2.43. The summed E-state index contributed by atoms with van der Waals surface area (Å²) in [5.74, 6) is 0.0545. The highest BCUT2D eigenvalue weighted by molar-refractivity contribution is 7.85. The molecule has 0 aliphatic carbocycles. The third kappa shape index (κ3) is 5.25. The zero-order valence-electron chi connectivity index (χ0n) is 10.7. The van der Waals surface area contributed by atoms with Crippen LogP contribution >= 0.6 is 0 Å². The Hall–Kier alpha value is -0.780. The number of nitrogens with one attached hydrogen (secondary N) is 1. The van der Waals surface area contributed by atoms with E-state index in [1.807, 2.05) is 0 Å². The monoisotopic (exact) mass is 273 g/mol. The van der Waals surface area contributed by atoms with E-state index in [2.05, 4.69) is 19.2 Å². The average molecular weight is 273 g/mol. The third-order valence-electron chi connectivity index (χ3n) is 2.36. The van der Waals surface area contributed by atoms with Gasteiger partial charge >= 0.3 is 0 Å². The number of benzene rings is 1. The zero-order valence-corrected chi connectivity index (χ0v) is 11.5. The van der Waals surface area contributed by atoms with Crippen LogP contribution in [0, 0.1) is 11.7 Å². The highest BCUT2D eigenvalue weighted by atomic mass is 32.2. The third-order valence-corrected chi connectivity index (χ3v) is 3.87. The Kier molecular flexibility index (Phi) is 6.46. The van der Waals surface area contributed by atoms with Gasteiger partial charge in [0.05, 0.1) is 27.6 Å². The summed E-state index contributed by atoms with van der Waals surface area (Å²) in [6.45, 7) is 5.30. The lowest BCUT2D eigenvalue weighted by Crippen LogP contribution is -2.33. The first-order valence-electron chi connectivity index (χ1n) is 6.02. The minimum absolute atomic E-state index is 0.0476. The van der Waals surface area contributed by atoms with Crippen molar-refractivity contribution in [2.24, 2.45) is 5.92 Å². The summed E-state index contributed by atoms with van der Waals surface area (Å²) >= 11 is 0. The van der Waals surface area contributed by atoms with Gasteiger partial charge in [0, 0.05) is 6.54 Å². The van der Waals surface area contributed by atoms with Gasteiger partial charge in [-0.3, -0.25) is 4.21 Å². The van der Waals surface area contributed by atoms with Crippen LogP contribution in [0.15, 0.2) is 29.2 Å². The predicted molar refractivity (Wildman–Crippen MR) is 71.4 cm³/mol. The van der Waals surface area contributed by atoms with Gasteiger partial charge in [0.2, 0.25) is 0 Å². The summed E-state index contributed by atoms with van der Waals surface area (Å²) in [5, 5.41) is 12.8. The molecule has 0 amide bonds. The van der Waals surface area contributed by atoms with Gasteiger partial charge in [0.15, 0.2) is 0 Å². The molecule has 1 aromatic carbocycles. The molecule has 102 valence electrons. The molecule has 1 rings (SSSR count). The maximum absolute atomic E-state index is 13.4. The molecular weight excluding hydrogens is 253 g/mol. The van der Waals surface area contributed by atoms with Crippen molar-refractivity contribution >= 4 is 10.8 Å². The molecule has 0 saturated carbocycles. The summed E-state index contributed by atoms with van der Waals surface area (Å²) < 4.78 is 25.2. The molecule has 0 heterocycles. The number of hydrogen-bond donors (Lipinski definition) is 2. The van der Waals surface area contributed by atoms with Crippen molar-refractivity contribution in [3.05, 3.63) is 30.1 Å². The van der Waals surface area contributed by atoms with E-state index in [1.54, 1.807) is 12.1 Å². The molecular formula is C13H20FNO2S. The molecule has 1 aromatic rings. The largest absolute Gasteiger partial charge is 0.391 e. The first kappa shape index (κ1) is 15.3. The van der Waals surface area contributed by atoms with E-state index < -0.39 is 22.7 Å². The second-order valence-electron chi connectivity index (χ2n) is 4.65. The number of aliphatic hydroxyl groups excluding tert-OH is 1. The van der Waals surface area contributed by atoms with Gasteiger partial charge in [0.1, 0.15) is 5.82 Å². The van der Waals surface area contributed by atoms with E-state index in [4.69, 9.17) is 0 Å². The van der Waals surface area contributed by atoms with Crippen LogP contribution in [0.1, 0.15) is 13.8 Å². The van der Waals surface area contributed by atoms with Crippen molar-refractivity contribution in [3.63, 3.8) is 0 Å².